The lowest BCUT2D eigenvalue weighted by Gasteiger charge is -2.36. The smallest absolute Gasteiger partial charge is 0.312 e. The number of aryl methyl sites for hydroxylation is 1. The molecule has 0 spiro atoms. The number of carbonyl (C=O) groups is 2. The topological polar surface area (TPSA) is 192 Å². The third-order valence-electron chi connectivity index (χ3n) is 11.3. The van der Waals surface area contributed by atoms with Crippen LogP contribution in [0.2, 0.25) is 0 Å². The van der Waals surface area contributed by atoms with Crippen LogP contribution in [0.3, 0.4) is 0 Å². The molecule has 6 rings (SSSR count). The van der Waals surface area contributed by atoms with Crippen molar-refractivity contribution in [2.75, 3.05) is 12.4 Å². The maximum atomic E-state index is 14.5. The van der Waals surface area contributed by atoms with E-state index in [2.05, 4.69) is 5.32 Å². The fraction of sp³-hybridized carbons (Fsp3) is 0.439. The van der Waals surface area contributed by atoms with E-state index in [0.29, 0.717) is 5.65 Å². The number of hydrogen-bond acceptors (Lipinski definition) is 11. The Labute approximate surface area is 313 Å². The maximum absolute atomic E-state index is 14.5. The zero-order chi connectivity index (χ0) is 39.5. The number of imidazole rings is 1. The number of benzene rings is 2. The van der Waals surface area contributed by atoms with E-state index < -0.39 is 71.3 Å². The van der Waals surface area contributed by atoms with Crippen LogP contribution in [0.5, 0.6) is 17.2 Å². The number of carbonyl (C=O) groups excluding carboxylic acids is 2. The summed E-state index contributed by atoms with van der Waals surface area (Å²) in [6, 6.07) is 3.65. The van der Waals surface area contributed by atoms with E-state index in [1.54, 1.807) is 70.4 Å². The first-order valence-corrected chi connectivity index (χ1v) is 18.1. The molecule has 4 bridgehead atoms. The molecule has 2 aromatic heterocycles. The van der Waals surface area contributed by atoms with E-state index >= 15 is 0 Å². The molecule has 2 aliphatic rings. The number of nitrogens with one attached hydrogen (secondary N) is 1. The number of pyridine rings is 1. The SMILES string of the molecule is CO[C@H]1/C=C\O[C@@]2(C)Oc3c(C)c(O)c4c(O)c(c5c(nc6cc(C)ccn65)c4c3C2=O)NC(=O)/C(C)=C\C=C/[C@H](C)[C@H](O)[C@@H](C)[C@@H](O)[C@@H](C)[C@H](O)[C@@H]1C. The number of ketones is 1. The molecule has 13 heteroatoms. The number of rotatable bonds is 1. The van der Waals surface area contributed by atoms with Gasteiger partial charge in [0.25, 0.3) is 11.7 Å². The molecule has 4 aromatic rings. The highest BCUT2D eigenvalue weighted by molar-refractivity contribution is 6.28. The van der Waals surface area contributed by atoms with Crippen LogP contribution in [0, 0.1) is 37.5 Å². The van der Waals surface area contributed by atoms with Crippen LogP contribution in [0.15, 0.2) is 54.5 Å². The molecule has 13 nitrogen and oxygen atoms in total. The van der Waals surface area contributed by atoms with Gasteiger partial charge in [0.05, 0.1) is 41.6 Å². The number of aliphatic hydroxyl groups is 3. The van der Waals surface area contributed by atoms with Crippen LogP contribution in [0.4, 0.5) is 5.69 Å². The molecule has 0 fully saturated rings. The number of amides is 1. The second kappa shape index (κ2) is 14.4. The van der Waals surface area contributed by atoms with Crippen LogP contribution in [0.1, 0.15) is 63.0 Å². The highest BCUT2D eigenvalue weighted by atomic mass is 16.7. The molecule has 2 aromatic carbocycles. The quantitative estimate of drug-likeness (QED) is 0.133. The van der Waals surface area contributed by atoms with Crippen molar-refractivity contribution in [3.63, 3.8) is 0 Å². The lowest BCUT2D eigenvalue weighted by atomic mass is 9.78. The van der Waals surface area contributed by atoms with Gasteiger partial charge in [-0.2, -0.15) is 0 Å². The lowest BCUT2D eigenvalue weighted by Crippen LogP contribution is -2.44. The minimum atomic E-state index is -1.93. The number of aromatic nitrogens is 2. The summed E-state index contributed by atoms with van der Waals surface area (Å²) in [5, 5.41) is 60.2. The van der Waals surface area contributed by atoms with Gasteiger partial charge in [-0.25, -0.2) is 4.98 Å². The maximum Gasteiger partial charge on any atom is 0.312 e. The first-order chi connectivity index (χ1) is 25.4. The molecular formula is C41H49N3O10. The fourth-order valence-electron chi connectivity index (χ4n) is 7.64. The monoisotopic (exact) mass is 743 g/mol. The summed E-state index contributed by atoms with van der Waals surface area (Å²) in [6.07, 6.45) is 5.55. The number of nitrogens with zero attached hydrogens (tertiary/aromatic N) is 2. The summed E-state index contributed by atoms with van der Waals surface area (Å²) < 4.78 is 19.5. The predicted octanol–water partition coefficient (Wildman–Crippen LogP) is 5.59. The number of hydrogen-bond donors (Lipinski definition) is 6. The molecule has 0 aliphatic carbocycles. The minimum Gasteiger partial charge on any atom is -0.507 e. The van der Waals surface area contributed by atoms with Gasteiger partial charge in [-0.05, 0) is 44.5 Å². The van der Waals surface area contributed by atoms with Gasteiger partial charge in [0.15, 0.2) is 5.75 Å². The van der Waals surface area contributed by atoms with Crippen LogP contribution < -0.4 is 10.1 Å². The van der Waals surface area contributed by atoms with Crippen molar-refractivity contribution in [1.82, 2.24) is 9.38 Å². The van der Waals surface area contributed by atoms with E-state index in [1.165, 1.54) is 26.4 Å². The Morgan fingerprint density at radius 1 is 0.926 bits per heavy atom. The van der Waals surface area contributed by atoms with Gasteiger partial charge >= 0.3 is 5.79 Å². The van der Waals surface area contributed by atoms with Gasteiger partial charge in [-0.1, -0.05) is 45.9 Å². The summed E-state index contributed by atoms with van der Waals surface area (Å²) >= 11 is 0. The van der Waals surface area contributed by atoms with Gasteiger partial charge in [-0.3, -0.25) is 14.0 Å². The van der Waals surface area contributed by atoms with E-state index in [0.717, 1.165) is 5.56 Å². The third-order valence-corrected chi connectivity index (χ3v) is 11.3. The summed E-state index contributed by atoms with van der Waals surface area (Å²) in [4.78, 5) is 33.0. The standard InChI is InChI=1S/C41H49N3O10/c1-18-13-15-44-26(17-18)42-30-27-28-36(48)24(7)38-29(27)39(50)41(8,54-38)53-16-14-25(52-9)21(4)34(46)23(6)35(47)22(5)33(45)19(2)11-10-12-20(3)40(51)43-31(32(30)44)37(28)49/h10-17,19,21-23,25,33-35,45-49H,1-9H3,(H,43,51)/b11-10-,16-14-,20-12-/t19-,21+,22+,23-,25-,33-,34+,35+,41-/m0/s1. The highest BCUT2D eigenvalue weighted by Crippen LogP contribution is 2.54. The summed E-state index contributed by atoms with van der Waals surface area (Å²) in [5.74, 6) is -6.23. The fourth-order valence-corrected chi connectivity index (χ4v) is 7.64. The average Bonchev–Trinajstić information content (AvgIpc) is 3.64. The molecule has 4 heterocycles. The normalized spacial score (nSPS) is 32.0. The molecule has 0 saturated heterocycles. The Kier molecular flexibility index (Phi) is 10.3. The van der Waals surface area contributed by atoms with Crippen molar-refractivity contribution in [1.29, 1.82) is 0 Å². The Hall–Kier alpha value is -4.95. The minimum absolute atomic E-state index is 0.0318. The number of aromatic hydroxyl groups is 2. The van der Waals surface area contributed by atoms with Crippen LogP contribution in [-0.2, 0) is 14.3 Å². The zero-order valence-corrected chi connectivity index (χ0v) is 31.9. The second-order valence-corrected chi connectivity index (χ2v) is 15.0. The van der Waals surface area contributed by atoms with Crippen LogP contribution in [0.25, 0.3) is 27.5 Å². The van der Waals surface area contributed by atoms with E-state index in [4.69, 9.17) is 19.2 Å². The number of phenolic OH excluding ortho intramolecular Hbond substituents is 2. The second-order valence-electron chi connectivity index (χ2n) is 15.0. The van der Waals surface area contributed by atoms with Gasteiger partial charge in [0.1, 0.15) is 33.9 Å². The number of fused-ring (bicyclic) bond motifs is 2. The van der Waals surface area contributed by atoms with Crippen molar-refractivity contribution < 1.29 is 49.3 Å². The number of phenols is 2. The van der Waals surface area contributed by atoms with E-state index in [9.17, 15) is 35.1 Å². The summed E-state index contributed by atoms with van der Waals surface area (Å²) in [5.41, 5.74) is 2.27. The van der Waals surface area contributed by atoms with Gasteiger partial charge < -0.3 is 45.1 Å². The Balaban J connectivity index is 1.58. The molecule has 9 atom stereocenters. The lowest BCUT2D eigenvalue weighted by molar-refractivity contribution is -0.112. The summed E-state index contributed by atoms with van der Waals surface area (Å²) in [7, 11) is 1.46. The molecule has 2 aliphatic heterocycles. The van der Waals surface area contributed by atoms with Gasteiger partial charge in [-0.15, -0.1) is 0 Å². The number of Topliss-reactive ketones (excluding diaryl/α,β-unsaturated/α-hetero) is 1. The Morgan fingerprint density at radius 2 is 1.59 bits per heavy atom. The molecule has 288 valence electrons. The summed E-state index contributed by atoms with van der Waals surface area (Å²) in [6.45, 7) is 13.4. The average molecular weight is 744 g/mol. The number of methoxy groups -OCH3 is 1. The number of aliphatic hydroxyl groups excluding tert-OH is 3. The van der Waals surface area contributed by atoms with Crippen molar-refractivity contribution >= 4 is 44.8 Å². The van der Waals surface area contributed by atoms with Crippen LogP contribution >= 0.6 is 0 Å². The molecule has 0 unspecified atom stereocenters. The highest BCUT2D eigenvalue weighted by Gasteiger charge is 2.49. The number of anilines is 1. The molecule has 1 amide bonds. The molecule has 0 radical (unpaired) electrons. The molecule has 6 N–H and O–H groups in total. The largest absolute Gasteiger partial charge is 0.507 e. The number of ether oxygens (including phenoxy) is 3. The first kappa shape index (κ1) is 38.8. The molecular weight excluding hydrogens is 694 g/mol. The van der Waals surface area contributed by atoms with Crippen molar-refractivity contribution in [2.45, 2.75) is 85.6 Å². The van der Waals surface area contributed by atoms with Gasteiger partial charge in [0.2, 0.25) is 0 Å². The Bertz CT molecular complexity index is 2260. The van der Waals surface area contributed by atoms with E-state index in [-0.39, 0.29) is 55.7 Å². The Morgan fingerprint density at radius 3 is 2.28 bits per heavy atom. The zero-order valence-electron chi connectivity index (χ0n) is 31.9. The predicted molar refractivity (Wildman–Crippen MR) is 204 cm³/mol. The van der Waals surface area contributed by atoms with E-state index in [1.807, 2.05) is 19.1 Å². The van der Waals surface area contributed by atoms with Crippen molar-refractivity contribution in [2.24, 2.45) is 23.7 Å². The third kappa shape index (κ3) is 6.28. The van der Waals surface area contributed by atoms with Crippen molar-refractivity contribution in [3.8, 4) is 17.2 Å². The first-order valence-electron chi connectivity index (χ1n) is 18.1. The molecule has 54 heavy (non-hydrogen) atoms. The van der Waals surface area contributed by atoms with Gasteiger partial charge in [0, 0.05) is 60.4 Å². The van der Waals surface area contributed by atoms with Crippen molar-refractivity contribution in [3.05, 3.63) is 71.2 Å². The molecule has 0 saturated carbocycles. The number of allylic oxidation sites excluding steroid dienone is 2. The van der Waals surface area contributed by atoms with Crippen LogP contribution in [-0.4, -0.2) is 83.9 Å².